The second-order valence-electron chi connectivity index (χ2n) is 20.2. The Balaban J connectivity index is 1.14. The maximum absolute atomic E-state index is 6.63. The van der Waals surface area contributed by atoms with E-state index >= 15 is 0 Å². The molecule has 0 unspecified atom stereocenters. The van der Waals surface area contributed by atoms with Crippen LogP contribution in [-0.4, -0.2) is 0 Å². The van der Waals surface area contributed by atoms with Crippen molar-refractivity contribution in [1.29, 1.82) is 0 Å². The van der Waals surface area contributed by atoms with E-state index in [9.17, 15) is 0 Å². The van der Waals surface area contributed by atoms with Gasteiger partial charge in [-0.25, -0.2) is 0 Å². The van der Waals surface area contributed by atoms with Crippen molar-refractivity contribution in [2.24, 2.45) is 0 Å². The zero-order valence-electron chi connectivity index (χ0n) is 39.7. The Hall–Kier alpha value is -7.94. The Morgan fingerprint density at radius 3 is 1.57 bits per heavy atom. The van der Waals surface area contributed by atoms with E-state index in [4.69, 9.17) is 4.42 Å². The molecule has 0 saturated carbocycles. The van der Waals surface area contributed by atoms with Crippen molar-refractivity contribution in [1.82, 2.24) is 0 Å². The lowest BCUT2D eigenvalue weighted by molar-refractivity contribution is 0.569. The molecular formula is C66H55NO. The molecule has 0 aliphatic heterocycles. The predicted octanol–water partition coefficient (Wildman–Crippen LogP) is 19.1. The van der Waals surface area contributed by atoms with Crippen LogP contribution in [0.1, 0.15) is 52.7 Å². The Labute approximate surface area is 400 Å². The van der Waals surface area contributed by atoms with Gasteiger partial charge < -0.3 is 9.32 Å². The van der Waals surface area contributed by atoms with Crippen LogP contribution >= 0.6 is 0 Å². The molecule has 0 radical (unpaired) electrons. The fraction of sp³-hybridized carbons (Fsp3) is 0.121. The van der Waals surface area contributed by atoms with Gasteiger partial charge in [0, 0.05) is 33.2 Å². The maximum Gasteiger partial charge on any atom is 0.143 e. The molecule has 11 aromatic rings. The lowest BCUT2D eigenvalue weighted by Crippen LogP contribution is -2.16. The summed E-state index contributed by atoms with van der Waals surface area (Å²) in [6, 6.07) is 82.0. The molecule has 2 heteroatoms. The van der Waals surface area contributed by atoms with Crippen LogP contribution in [-0.2, 0) is 10.8 Å². The van der Waals surface area contributed by atoms with Crippen molar-refractivity contribution in [2.75, 3.05) is 4.90 Å². The number of benzene rings is 10. The summed E-state index contributed by atoms with van der Waals surface area (Å²) in [4.78, 5) is 2.47. The molecule has 330 valence electrons. The van der Waals surface area contributed by atoms with E-state index in [0.29, 0.717) is 0 Å². The fourth-order valence-electron chi connectivity index (χ4n) is 9.93. The Kier molecular flexibility index (Phi) is 10.7. The molecule has 0 fully saturated rings. The second kappa shape index (κ2) is 17.0. The number of nitrogens with zero attached hydrogens (tertiary/aromatic N) is 1. The quantitative estimate of drug-likeness (QED) is 0.151. The predicted molar refractivity (Wildman–Crippen MR) is 290 cm³/mol. The van der Waals surface area contributed by atoms with Crippen LogP contribution in [0, 0.1) is 0 Å². The summed E-state index contributed by atoms with van der Waals surface area (Å²) >= 11 is 0. The molecule has 10 aromatic carbocycles. The standard InChI is InChI=1S/C66H55NO/c1-65(2,3)50-40-49(41-51(43-50)66(4,5)6)54-29-17-22-47-23-18-31-58(63(47)54)56-27-11-14-34-61(56)67(60-33-13-10-26-53(60)46-38-36-45(37-39-46)44-20-8-7-9-21-44)52-25-16-24-48(42-52)55-30-19-32-59-57-28-12-15-35-62(57)68-64(55)59/h7-43H,1-6H3. The van der Waals surface area contributed by atoms with E-state index in [1.54, 1.807) is 0 Å². The van der Waals surface area contributed by atoms with Crippen LogP contribution in [0.5, 0.6) is 0 Å². The van der Waals surface area contributed by atoms with E-state index < -0.39 is 0 Å². The fourth-order valence-corrected chi connectivity index (χ4v) is 9.93. The summed E-state index contributed by atoms with van der Waals surface area (Å²) in [5.74, 6) is 0. The lowest BCUT2D eigenvalue weighted by Gasteiger charge is -2.30. The first-order chi connectivity index (χ1) is 33.0. The molecule has 0 spiro atoms. The first-order valence-corrected chi connectivity index (χ1v) is 23.8. The highest BCUT2D eigenvalue weighted by Crippen LogP contribution is 2.49. The molecule has 0 aliphatic carbocycles. The minimum atomic E-state index is -0.0176. The van der Waals surface area contributed by atoms with E-state index in [2.05, 4.69) is 265 Å². The molecule has 0 saturated heterocycles. The summed E-state index contributed by atoms with van der Waals surface area (Å²) in [6.07, 6.45) is 0. The Morgan fingerprint density at radius 2 is 0.853 bits per heavy atom. The third kappa shape index (κ3) is 7.86. The normalized spacial score (nSPS) is 12.0. The Morgan fingerprint density at radius 1 is 0.338 bits per heavy atom. The number of anilines is 3. The SMILES string of the molecule is CC(C)(C)c1cc(-c2cccc3cccc(-c4ccccc4N(c4cccc(-c5cccc6c5oc5ccccc56)c4)c4ccccc4-c4ccc(-c5ccccc5)cc4)c23)cc(C(C)(C)C)c1. The third-order valence-corrected chi connectivity index (χ3v) is 13.6. The first-order valence-electron chi connectivity index (χ1n) is 23.8. The molecule has 1 aromatic heterocycles. The smallest absolute Gasteiger partial charge is 0.143 e. The van der Waals surface area contributed by atoms with Crippen LogP contribution in [0.25, 0.3) is 88.3 Å². The maximum atomic E-state index is 6.63. The van der Waals surface area contributed by atoms with Gasteiger partial charge in [0.15, 0.2) is 0 Å². The summed E-state index contributed by atoms with van der Waals surface area (Å²) in [7, 11) is 0. The van der Waals surface area contributed by atoms with Gasteiger partial charge in [0.05, 0.1) is 11.4 Å². The topological polar surface area (TPSA) is 16.4 Å². The van der Waals surface area contributed by atoms with Gasteiger partial charge in [0.1, 0.15) is 11.2 Å². The molecule has 2 nitrogen and oxygen atoms in total. The van der Waals surface area contributed by atoms with E-state index in [0.717, 1.165) is 66.8 Å². The summed E-state index contributed by atoms with van der Waals surface area (Å²) in [5.41, 5.74) is 19.3. The van der Waals surface area contributed by atoms with Crippen molar-refractivity contribution in [3.8, 4) is 55.6 Å². The van der Waals surface area contributed by atoms with Crippen LogP contribution in [0.3, 0.4) is 0 Å². The van der Waals surface area contributed by atoms with Gasteiger partial charge in [-0.2, -0.15) is 0 Å². The second-order valence-corrected chi connectivity index (χ2v) is 20.2. The van der Waals surface area contributed by atoms with Crippen molar-refractivity contribution in [2.45, 2.75) is 52.4 Å². The molecule has 11 rings (SSSR count). The van der Waals surface area contributed by atoms with Gasteiger partial charge in [0.2, 0.25) is 0 Å². The van der Waals surface area contributed by atoms with E-state index in [1.807, 2.05) is 6.07 Å². The first kappa shape index (κ1) is 42.7. The molecule has 68 heavy (non-hydrogen) atoms. The molecule has 0 bridgehead atoms. The number of hydrogen-bond donors (Lipinski definition) is 0. The van der Waals surface area contributed by atoms with Crippen molar-refractivity contribution < 1.29 is 4.42 Å². The van der Waals surface area contributed by atoms with Gasteiger partial charge in [-0.1, -0.05) is 236 Å². The Bertz CT molecular complexity index is 3600. The van der Waals surface area contributed by atoms with E-state index in [1.165, 1.54) is 49.7 Å². The summed E-state index contributed by atoms with van der Waals surface area (Å²) < 4.78 is 6.63. The highest BCUT2D eigenvalue weighted by molar-refractivity contribution is 6.11. The molecular weight excluding hydrogens is 823 g/mol. The number of rotatable bonds is 8. The monoisotopic (exact) mass is 877 g/mol. The van der Waals surface area contributed by atoms with Crippen LogP contribution in [0.2, 0.25) is 0 Å². The summed E-state index contributed by atoms with van der Waals surface area (Å²) in [5, 5.41) is 4.69. The number of hydrogen-bond acceptors (Lipinski definition) is 2. The zero-order chi connectivity index (χ0) is 46.6. The third-order valence-electron chi connectivity index (χ3n) is 13.6. The number of furan rings is 1. The lowest BCUT2D eigenvalue weighted by atomic mass is 9.78. The zero-order valence-corrected chi connectivity index (χ0v) is 39.7. The highest BCUT2D eigenvalue weighted by atomic mass is 16.3. The van der Waals surface area contributed by atoms with E-state index in [-0.39, 0.29) is 10.8 Å². The number of para-hydroxylation sites is 4. The van der Waals surface area contributed by atoms with Crippen molar-refractivity contribution >= 4 is 49.8 Å². The van der Waals surface area contributed by atoms with Gasteiger partial charge in [-0.3, -0.25) is 0 Å². The molecule has 0 N–H and O–H groups in total. The van der Waals surface area contributed by atoms with Gasteiger partial charge in [-0.15, -0.1) is 0 Å². The minimum absolute atomic E-state index is 0.0176. The van der Waals surface area contributed by atoms with Crippen molar-refractivity contribution in [3.05, 3.63) is 236 Å². The molecule has 1 heterocycles. The van der Waals surface area contributed by atoms with Crippen molar-refractivity contribution in [3.63, 3.8) is 0 Å². The highest BCUT2D eigenvalue weighted by Gasteiger charge is 2.25. The molecule has 0 aliphatic rings. The van der Waals surface area contributed by atoms with Crippen LogP contribution in [0.4, 0.5) is 17.1 Å². The minimum Gasteiger partial charge on any atom is -0.455 e. The average Bonchev–Trinajstić information content (AvgIpc) is 3.75. The van der Waals surface area contributed by atoms with Gasteiger partial charge >= 0.3 is 0 Å². The van der Waals surface area contributed by atoms with Crippen LogP contribution < -0.4 is 4.90 Å². The number of fused-ring (bicyclic) bond motifs is 4. The van der Waals surface area contributed by atoms with Gasteiger partial charge in [0.25, 0.3) is 0 Å². The van der Waals surface area contributed by atoms with Gasteiger partial charge in [-0.05, 0) is 102 Å². The average molecular weight is 878 g/mol. The summed E-state index contributed by atoms with van der Waals surface area (Å²) in [6.45, 7) is 13.9. The molecule has 0 amide bonds. The molecule has 0 atom stereocenters. The largest absolute Gasteiger partial charge is 0.455 e. The van der Waals surface area contributed by atoms with Crippen LogP contribution in [0.15, 0.2) is 229 Å².